The van der Waals surface area contributed by atoms with Crippen molar-refractivity contribution in [1.29, 1.82) is 0 Å². The fourth-order valence-corrected chi connectivity index (χ4v) is 10.3. The molecule has 12 aromatic rings. The molecular weight excluding hydrogens is 1170 g/mol. The fourth-order valence-electron chi connectivity index (χ4n) is 10.3. The van der Waals surface area contributed by atoms with E-state index < -0.39 is 23.5 Å². The zero-order chi connectivity index (χ0) is 53.9. The van der Waals surface area contributed by atoms with Gasteiger partial charge in [-0.05, 0) is 130 Å². The zero-order valence-electron chi connectivity index (χ0n) is 43.3. The van der Waals surface area contributed by atoms with Crippen LogP contribution in [-0.4, -0.2) is 19.1 Å². The summed E-state index contributed by atoms with van der Waals surface area (Å²) in [6.45, 7) is 13.0. The van der Waals surface area contributed by atoms with Gasteiger partial charge in [-0.25, -0.2) is 0 Å². The summed E-state index contributed by atoms with van der Waals surface area (Å²) in [5, 5.41) is 1.82. The van der Waals surface area contributed by atoms with Gasteiger partial charge in [0.15, 0.2) is 0 Å². The Morgan fingerprint density at radius 2 is 1.03 bits per heavy atom. The van der Waals surface area contributed by atoms with Gasteiger partial charge in [-0.2, -0.15) is 26.3 Å². The van der Waals surface area contributed by atoms with E-state index in [2.05, 4.69) is 91.8 Å². The van der Waals surface area contributed by atoms with E-state index in [0.717, 1.165) is 96.6 Å². The van der Waals surface area contributed by atoms with E-state index >= 15 is 0 Å². The van der Waals surface area contributed by atoms with E-state index in [1.54, 1.807) is 0 Å². The van der Waals surface area contributed by atoms with Crippen LogP contribution in [0.25, 0.3) is 100 Å². The van der Waals surface area contributed by atoms with Crippen molar-refractivity contribution >= 4 is 44.0 Å². The van der Waals surface area contributed by atoms with Gasteiger partial charge in [0.1, 0.15) is 5.58 Å². The summed E-state index contributed by atoms with van der Waals surface area (Å²) in [5.41, 5.74) is 15.1. The van der Waals surface area contributed by atoms with Crippen molar-refractivity contribution in [3.63, 3.8) is 0 Å². The van der Waals surface area contributed by atoms with Crippen LogP contribution in [0.2, 0.25) is 0 Å². The van der Waals surface area contributed by atoms with Crippen molar-refractivity contribution < 1.29 is 50.9 Å². The second kappa shape index (κ2) is 21.1. The van der Waals surface area contributed by atoms with Gasteiger partial charge in [0.05, 0.1) is 44.9 Å². The van der Waals surface area contributed by atoms with Gasteiger partial charge in [-0.1, -0.05) is 136 Å². The number of benzene rings is 9. The Morgan fingerprint density at radius 3 is 1.60 bits per heavy atom. The van der Waals surface area contributed by atoms with E-state index in [1.807, 2.05) is 115 Å². The van der Waals surface area contributed by atoms with Crippen LogP contribution in [0.15, 0.2) is 186 Å². The molecular formula is C66H50F6IrN4O-2. The molecule has 1 radical (unpaired) electrons. The number of aromatic nitrogens is 4. The zero-order valence-corrected chi connectivity index (χ0v) is 45.7. The molecule has 0 spiro atoms. The molecule has 12 rings (SSSR count). The third-order valence-corrected chi connectivity index (χ3v) is 14.1. The molecule has 0 aliphatic carbocycles. The number of rotatable bonds is 8. The number of para-hydroxylation sites is 5. The summed E-state index contributed by atoms with van der Waals surface area (Å²) in [6, 6.07) is 61.6. The minimum absolute atomic E-state index is 0. The predicted octanol–water partition coefficient (Wildman–Crippen LogP) is 19.1. The van der Waals surface area contributed by atoms with E-state index in [1.165, 1.54) is 40.5 Å². The number of imidazole rings is 2. The van der Waals surface area contributed by atoms with Crippen LogP contribution < -0.4 is 0 Å². The van der Waals surface area contributed by atoms with Crippen molar-refractivity contribution in [1.82, 2.24) is 19.1 Å². The van der Waals surface area contributed by atoms with Crippen molar-refractivity contribution in [2.75, 3.05) is 0 Å². The summed E-state index contributed by atoms with van der Waals surface area (Å²) in [4.78, 5) is 9.92. The number of alkyl halides is 6. The molecule has 5 nitrogen and oxygen atoms in total. The molecule has 393 valence electrons. The van der Waals surface area contributed by atoms with E-state index in [9.17, 15) is 26.3 Å². The molecule has 0 aliphatic rings. The maximum atomic E-state index is 13.2. The molecule has 0 atom stereocenters. The summed E-state index contributed by atoms with van der Waals surface area (Å²) < 4.78 is 89.3. The fraction of sp³-hybridized carbons (Fsp3) is 0.152. The molecule has 0 aliphatic heterocycles. The smallest absolute Gasteiger partial charge is 0.416 e. The molecule has 0 bridgehead atoms. The van der Waals surface area contributed by atoms with Crippen LogP contribution in [0, 0.1) is 26.0 Å². The number of furan rings is 1. The minimum Gasteiger partial charge on any atom is -0.501 e. The SMILES string of the molecule is CC(C)c1cc(-c2ccccc2)cc(C(C)C)c1-n1c(-c2[c-]ccc3c2oc2cc(-c4ccc(C(F)(F)F)cc4)ccc23)nc2ccccc21.Cc1cccc(C)c1-n1c(-c2[c-]cc(C(F)(F)F)cc2)nc2ccccc21.[Ir]. The largest absolute Gasteiger partial charge is 0.501 e. The average Bonchev–Trinajstić information content (AvgIpc) is 4.34. The first-order valence-electron chi connectivity index (χ1n) is 25.3. The predicted molar refractivity (Wildman–Crippen MR) is 296 cm³/mol. The first-order chi connectivity index (χ1) is 36.9. The van der Waals surface area contributed by atoms with Crippen molar-refractivity contribution in [3.05, 3.63) is 228 Å². The number of halogens is 6. The third-order valence-electron chi connectivity index (χ3n) is 14.1. The standard InChI is InChI=1S/C44H34F3N2O.C22H16F3N2.Ir/c1-26(2)36-23-31(28-11-6-5-7-12-28)24-37(27(3)4)41(36)49-39-16-9-8-15-38(39)48-43(49)35-14-10-13-34-33-22-19-30(25-40(33)50-42(34)35)29-17-20-32(21-18-29)44(45,46)47;1-14-6-5-7-15(2)20(14)27-19-9-4-3-8-18(19)26-21(27)16-10-12-17(13-11-16)22(23,24)25;/h5-13,15-27H,1-4H3;3-10,12-13H,1-2H3;/q2*-1;. The number of fused-ring (bicyclic) bond motifs is 5. The van der Waals surface area contributed by atoms with Crippen LogP contribution in [0.5, 0.6) is 0 Å². The van der Waals surface area contributed by atoms with Crippen molar-refractivity contribution in [2.24, 2.45) is 0 Å². The van der Waals surface area contributed by atoms with Gasteiger partial charge in [0, 0.05) is 36.9 Å². The number of nitrogens with zero attached hydrogens (tertiary/aromatic N) is 4. The molecule has 78 heavy (non-hydrogen) atoms. The van der Waals surface area contributed by atoms with Crippen LogP contribution in [-0.2, 0) is 32.5 Å². The molecule has 0 fully saturated rings. The van der Waals surface area contributed by atoms with Crippen molar-refractivity contribution in [2.45, 2.75) is 65.7 Å². The summed E-state index contributed by atoms with van der Waals surface area (Å²) in [7, 11) is 0. The normalized spacial score (nSPS) is 12.0. The van der Waals surface area contributed by atoms with Crippen LogP contribution in [0.1, 0.15) is 72.9 Å². The van der Waals surface area contributed by atoms with E-state index in [-0.39, 0.29) is 31.9 Å². The minimum atomic E-state index is -4.39. The van der Waals surface area contributed by atoms with Gasteiger partial charge in [0.25, 0.3) is 0 Å². The quantitative estimate of drug-likeness (QED) is 0.113. The number of hydrogen-bond donors (Lipinski definition) is 0. The first kappa shape index (κ1) is 53.4. The molecule has 0 amide bonds. The van der Waals surface area contributed by atoms with Gasteiger partial charge >= 0.3 is 12.4 Å². The summed E-state index contributed by atoms with van der Waals surface area (Å²) in [6.07, 6.45) is -8.78. The number of aryl methyl sites for hydroxylation is 2. The molecule has 12 heteroatoms. The van der Waals surface area contributed by atoms with Crippen LogP contribution >= 0.6 is 0 Å². The topological polar surface area (TPSA) is 48.8 Å². The Bertz CT molecular complexity index is 4100. The van der Waals surface area contributed by atoms with Gasteiger partial charge in [0.2, 0.25) is 0 Å². The van der Waals surface area contributed by atoms with E-state index in [4.69, 9.17) is 9.40 Å². The Hall–Kier alpha value is -8.05. The Labute approximate surface area is 461 Å². The van der Waals surface area contributed by atoms with Crippen LogP contribution in [0.3, 0.4) is 0 Å². The average molecular weight is 1220 g/mol. The molecule has 0 saturated carbocycles. The van der Waals surface area contributed by atoms with Gasteiger partial charge in [-0.3, -0.25) is 9.97 Å². The maximum Gasteiger partial charge on any atom is 0.416 e. The molecule has 9 aromatic carbocycles. The molecule has 0 saturated heterocycles. The summed E-state index contributed by atoms with van der Waals surface area (Å²) in [5.74, 6) is 1.74. The molecule has 0 unspecified atom stereocenters. The van der Waals surface area contributed by atoms with Gasteiger partial charge < -0.3 is 13.6 Å². The Morgan fingerprint density at radius 1 is 0.487 bits per heavy atom. The molecule has 3 heterocycles. The molecule has 3 aromatic heterocycles. The summed E-state index contributed by atoms with van der Waals surface area (Å²) >= 11 is 0. The third kappa shape index (κ3) is 9.95. The maximum absolute atomic E-state index is 13.2. The Kier molecular flexibility index (Phi) is 14.4. The monoisotopic (exact) mass is 1220 g/mol. The van der Waals surface area contributed by atoms with E-state index in [0.29, 0.717) is 28.1 Å². The van der Waals surface area contributed by atoms with Crippen molar-refractivity contribution in [3.8, 4) is 56.4 Å². The molecule has 0 N–H and O–H groups in total. The number of hydrogen-bond acceptors (Lipinski definition) is 3. The first-order valence-corrected chi connectivity index (χ1v) is 25.3. The van der Waals surface area contributed by atoms with Gasteiger partial charge in [-0.15, -0.1) is 48.0 Å². The second-order valence-corrected chi connectivity index (χ2v) is 19.9. The second-order valence-electron chi connectivity index (χ2n) is 19.9. The van der Waals surface area contributed by atoms with Crippen LogP contribution in [0.4, 0.5) is 26.3 Å². The Balaban J connectivity index is 0.000000208.